The molecule has 27 heavy (non-hydrogen) atoms. The molecule has 3 heteroatoms. The Labute approximate surface area is 164 Å². The van der Waals surface area contributed by atoms with Gasteiger partial charge in [0.2, 0.25) is 0 Å². The van der Waals surface area contributed by atoms with Crippen molar-refractivity contribution in [1.29, 1.82) is 0 Å². The van der Waals surface area contributed by atoms with Gasteiger partial charge in [-0.3, -0.25) is 4.90 Å². The molecule has 0 atom stereocenters. The van der Waals surface area contributed by atoms with E-state index >= 15 is 0 Å². The van der Waals surface area contributed by atoms with E-state index in [1.165, 1.54) is 81.0 Å². The highest BCUT2D eigenvalue weighted by Gasteiger charge is 2.27. The van der Waals surface area contributed by atoms with Crippen LogP contribution in [-0.2, 0) is 0 Å². The third-order valence-electron chi connectivity index (χ3n) is 6.40. The molecule has 0 N–H and O–H groups in total. The lowest BCUT2D eigenvalue weighted by Crippen LogP contribution is -2.53. The maximum Gasteiger partial charge on any atom is 0.0372 e. The predicted octanol–water partition coefficient (Wildman–Crippen LogP) is 4.27. The Morgan fingerprint density at radius 1 is 0.815 bits per heavy atom. The SMILES string of the molecule is CCN1CCN(C2CCN(c3cccc(-c4cccc(C)c4)c3)CC2)CC1. The van der Waals surface area contributed by atoms with Crippen molar-refractivity contribution in [3.63, 3.8) is 0 Å². The van der Waals surface area contributed by atoms with E-state index in [0.717, 1.165) is 6.04 Å². The van der Waals surface area contributed by atoms with Crippen LogP contribution in [-0.4, -0.2) is 61.7 Å². The van der Waals surface area contributed by atoms with Gasteiger partial charge in [-0.25, -0.2) is 0 Å². The Balaban J connectivity index is 1.38. The molecule has 0 spiro atoms. The Hall–Kier alpha value is -1.84. The zero-order chi connectivity index (χ0) is 18.6. The third-order valence-corrected chi connectivity index (χ3v) is 6.40. The van der Waals surface area contributed by atoms with Crippen LogP contribution in [0.5, 0.6) is 0 Å². The molecule has 4 rings (SSSR count). The van der Waals surface area contributed by atoms with Crippen LogP contribution in [0.25, 0.3) is 11.1 Å². The van der Waals surface area contributed by atoms with Crippen molar-refractivity contribution in [2.75, 3.05) is 50.7 Å². The lowest BCUT2D eigenvalue weighted by atomic mass is 9.99. The Kier molecular flexibility index (Phi) is 5.80. The van der Waals surface area contributed by atoms with Crippen LogP contribution in [0.3, 0.4) is 0 Å². The molecular formula is C24H33N3. The molecule has 0 aromatic heterocycles. The Morgan fingerprint density at radius 3 is 2.15 bits per heavy atom. The molecule has 0 saturated carbocycles. The number of hydrogen-bond donors (Lipinski definition) is 0. The van der Waals surface area contributed by atoms with E-state index in [1.807, 2.05) is 0 Å². The molecule has 2 aromatic carbocycles. The van der Waals surface area contributed by atoms with E-state index in [9.17, 15) is 0 Å². The molecule has 2 heterocycles. The van der Waals surface area contributed by atoms with Crippen LogP contribution in [0, 0.1) is 6.92 Å². The zero-order valence-corrected chi connectivity index (χ0v) is 16.9. The number of likely N-dealkylation sites (N-methyl/N-ethyl adjacent to an activating group) is 1. The fourth-order valence-electron chi connectivity index (χ4n) is 4.64. The number of piperazine rings is 1. The number of nitrogens with zero attached hydrogens (tertiary/aromatic N) is 3. The lowest BCUT2D eigenvalue weighted by Gasteiger charge is -2.43. The van der Waals surface area contributed by atoms with Crippen molar-refractivity contribution in [3.05, 3.63) is 54.1 Å². The molecule has 2 saturated heterocycles. The van der Waals surface area contributed by atoms with Crippen LogP contribution in [0.15, 0.2) is 48.5 Å². The summed E-state index contributed by atoms with van der Waals surface area (Å²) < 4.78 is 0. The summed E-state index contributed by atoms with van der Waals surface area (Å²) in [5.41, 5.74) is 5.35. The first-order valence-corrected chi connectivity index (χ1v) is 10.6. The lowest BCUT2D eigenvalue weighted by molar-refractivity contribution is 0.0878. The fourth-order valence-corrected chi connectivity index (χ4v) is 4.64. The van der Waals surface area contributed by atoms with Gasteiger partial charge in [0, 0.05) is 51.0 Å². The van der Waals surface area contributed by atoms with Gasteiger partial charge in [-0.1, -0.05) is 48.9 Å². The van der Waals surface area contributed by atoms with Gasteiger partial charge < -0.3 is 9.80 Å². The smallest absolute Gasteiger partial charge is 0.0372 e. The molecule has 144 valence electrons. The van der Waals surface area contributed by atoms with Crippen molar-refractivity contribution >= 4 is 5.69 Å². The largest absolute Gasteiger partial charge is 0.371 e. The van der Waals surface area contributed by atoms with E-state index in [0.29, 0.717) is 0 Å². The number of rotatable bonds is 4. The topological polar surface area (TPSA) is 9.72 Å². The summed E-state index contributed by atoms with van der Waals surface area (Å²) >= 11 is 0. The molecule has 2 aliphatic rings. The second kappa shape index (κ2) is 8.45. The first-order valence-electron chi connectivity index (χ1n) is 10.6. The second-order valence-electron chi connectivity index (χ2n) is 8.11. The summed E-state index contributed by atoms with van der Waals surface area (Å²) in [4.78, 5) is 7.90. The molecule has 0 radical (unpaired) electrons. The molecular weight excluding hydrogens is 330 g/mol. The molecule has 0 unspecified atom stereocenters. The number of aryl methyl sites for hydroxylation is 1. The van der Waals surface area contributed by atoms with Crippen LogP contribution in [0.2, 0.25) is 0 Å². The van der Waals surface area contributed by atoms with Gasteiger partial charge in [0.1, 0.15) is 0 Å². The van der Waals surface area contributed by atoms with Gasteiger partial charge in [-0.15, -0.1) is 0 Å². The number of anilines is 1. The van der Waals surface area contributed by atoms with E-state index in [2.05, 4.69) is 77.1 Å². The molecule has 2 aromatic rings. The first kappa shape index (κ1) is 18.5. The fraction of sp³-hybridized carbons (Fsp3) is 0.500. The normalized spacial score (nSPS) is 20.1. The highest BCUT2D eigenvalue weighted by atomic mass is 15.3. The van der Waals surface area contributed by atoms with E-state index < -0.39 is 0 Å². The predicted molar refractivity (Wildman–Crippen MR) is 116 cm³/mol. The first-order chi connectivity index (χ1) is 13.2. The second-order valence-corrected chi connectivity index (χ2v) is 8.11. The minimum Gasteiger partial charge on any atom is -0.371 e. The Bertz CT molecular complexity index is 741. The van der Waals surface area contributed by atoms with Crippen molar-refractivity contribution in [2.24, 2.45) is 0 Å². The highest BCUT2D eigenvalue weighted by Crippen LogP contribution is 2.28. The standard InChI is InChI=1S/C24H33N3/c1-3-25-14-16-27(17-15-25)23-10-12-26(13-11-23)24-9-5-8-22(19-24)21-7-4-6-20(2)18-21/h4-9,18-19,23H,3,10-17H2,1-2H3. The average Bonchev–Trinajstić information content (AvgIpc) is 2.74. The minimum absolute atomic E-state index is 0.778. The average molecular weight is 364 g/mol. The molecule has 2 aliphatic heterocycles. The summed E-state index contributed by atoms with van der Waals surface area (Å²) in [6, 6.07) is 18.7. The molecule has 0 bridgehead atoms. The van der Waals surface area contributed by atoms with Crippen molar-refractivity contribution in [2.45, 2.75) is 32.7 Å². The molecule has 2 fully saturated rings. The Morgan fingerprint density at radius 2 is 1.48 bits per heavy atom. The monoisotopic (exact) mass is 363 g/mol. The van der Waals surface area contributed by atoms with E-state index in [4.69, 9.17) is 0 Å². The maximum atomic E-state index is 2.74. The molecule has 0 aliphatic carbocycles. The van der Waals surface area contributed by atoms with E-state index in [-0.39, 0.29) is 0 Å². The van der Waals surface area contributed by atoms with Gasteiger partial charge in [0.05, 0.1) is 0 Å². The summed E-state index contributed by atoms with van der Waals surface area (Å²) in [7, 11) is 0. The van der Waals surface area contributed by atoms with Crippen molar-refractivity contribution in [1.82, 2.24) is 9.80 Å². The van der Waals surface area contributed by atoms with Crippen LogP contribution < -0.4 is 4.90 Å². The zero-order valence-electron chi connectivity index (χ0n) is 16.9. The molecule has 0 amide bonds. The van der Waals surface area contributed by atoms with Crippen LogP contribution in [0.1, 0.15) is 25.3 Å². The van der Waals surface area contributed by atoms with Crippen molar-refractivity contribution in [3.8, 4) is 11.1 Å². The van der Waals surface area contributed by atoms with Gasteiger partial charge in [0.15, 0.2) is 0 Å². The van der Waals surface area contributed by atoms with Gasteiger partial charge in [-0.05, 0) is 49.6 Å². The summed E-state index contributed by atoms with van der Waals surface area (Å²) in [5.74, 6) is 0. The van der Waals surface area contributed by atoms with E-state index in [1.54, 1.807) is 0 Å². The summed E-state index contributed by atoms with van der Waals surface area (Å²) in [5, 5.41) is 0. The quantitative estimate of drug-likeness (QED) is 0.803. The van der Waals surface area contributed by atoms with Crippen molar-refractivity contribution < 1.29 is 0 Å². The number of hydrogen-bond acceptors (Lipinski definition) is 3. The van der Waals surface area contributed by atoms with Gasteiger partial charge in [-0.2, -0.15) is 0 Å². The minimum atomic E-state index is 0.778. The number of benzene rings is 2. The maximum absolute atomic E-state index is 2.74. The van der Waals surface area contributed by atoms with Crippen LogP contribution >= 0.6 is 0 Å². The van der Waals surface area contributed by atoms with Gasteiger partial charge in [0.25, 0.3) is 0 Å². The highest BCUT2D eigenvalue weighted by molar-refractivity contribution is 5.69. The van der Waals surface area contributed by atoms with Crippen LogP contribution in [0.4, 0.5) is 5.69 Å². The third kappa shape index (κ3) is 4.36. The van der Waals surface area contributed by atoms with Gasteiger partial charge >= 0.3 is 0 Å². The number of piperidine rings is 1. The molecule has 3 nitrogen and oxygen atoms in total. The summed E-state index contributed by atoms with van der Waals surface area (Å²) in [6.07, 6.45) is 2.58. The summed E-state index contributed by atoms with van der Waals surface area (Å²) in [6.45, 7) is 13.0.